The monoisotopic (exact) mass is 529 g/mol. The second-order valence-corrected chi connectivity index (χ2v) is 11.0. The summed E-state index contributed by atoms with van der Waals surface area (Å²) in [4.78, 5) is 24.3. The van der Waals surface area contributed by atoms with Gasteiger partial charge in [-0.15, -0.1) is 0 Å². The van der Waals surface area contributed by atoms with Crippen LogP contribution in [0.4, 0.5) is 16.0 Å². The van der Waals surface area contributed by atoms with Crippen molar-refractivity contribution in [1.29, 1.82) is 0 Å². The normalized spacial score (nSPS) is 15.9. The molecule has 0 saturated carbocycles. The number of ether oxygens (including phenoxy) is 1. The fourth-order valence-electron chi connectivity index (χ4n) is 5.07. The Morgan fingerprint density at radius 3 is 2.64 bits per heavy atom. The molecular formula is C31H36FN5O2. The standard InChI is InChI=1S/C31H36FN5O2/c1-19(2)21-6-8-26(32)27(14-21)34-31-35-28-17-24(7-9-29(28)36(31)5)39-25-10-12-33-23(15-25)16-30(38)22-11-13-37(18-22)20(3)4/h6-10,12,14-15,17,19-20,22H,11,13,16,18H2,1-5H3,(H,34,35)/t22-/m1/s1. The number of aryl methyl sites for hydroxylation is 1. The number of likely N-dealkylation sites (tertiary alicyclic amines) is 1. The maximum absolute atomic E-state index is 14.5. The summed E-state index contributed by atoms with van der Waals surface area (Å²) in [6.07, 6.45) is 2.88. The summed E-state index contributed by atoms with van der Waals surface area (Å²) in [5.74, 6) is 2.03. The van der Waals surface area contributed by atoms with E-state index in [0.29, 0.717) is 41.3 Å². The number of imidazole rings is 1. The second-order valence-electron chi connectivity index (χ2n) is 11.0. The number of nitrogens with zero attached hydrogens (tertiary/aromatic N) is 4. The molecule has 1 N–H and O–H groups in total. The number of benzene rings is 2. The summed E-state index contributed by atoms with van der Waals surface area (Å²) in [6.45, 7) is 10.3. The first-order valence-electron chi connectivity index (χ1n) is 13.6. The van der Waals surface area contributed by atoms with Crippen molar-refractivity contribution in [2.45, 2.75) is 52.5 Å². The Hall–Kier alpha value is -3.78. The van der Waals surface area contributed by atoms with Crippen LogP contribution in [-0.4, -0.2) is 44.3 Å². The Kier molecular flexibility index (Phi) is 7.66. The van der Waals surface area contributed by atoms with E-state index in [9.17, 15) is 9.18 Å². The van der Waals surface area contributed by atoms with Crippen molar-refractivity contribution in [3.05, 3.63) is 71.8 Å². The highest BCUT2D eigenvalue weighted by molar-refractivity contribution is 5.83. The maximum Gasteiger partial charge on any atom is 0.208 e. The van der Waals surface area contributed by atoms with Crippen LogP contribution >= 0.6 is 0 Å². The Morgan fingerprint density at radius 1 is 1.10 bits per heavy atom. The second kappa shape index (κ2) is 11.1. The molecule has 39 heavy (non-hydrogen) atoms. The maximum atomic E-state index is 14.5. The number of nitrogens with one attached hydrogen (secondary N) is 1. The highest BCUT2D eigenvalue weighted by Crippen LogP contribution is 2.30. The van der Waals surface area contributed by atoms with Gasteiger partial charge in [-0.25, -0.2) is 9.37 Å². The third-order valence-electron chi connectivity index (χ3n) is 7.54. The minimum atomic E-state index is -0.326. The Balaban J connectivity index is 1.29. The first kappa shape index (κ1) is 26.8. The lowest BCUT2D eigenvalue weighted by molar-refractivity contribution is -0.121. The van der Waals surface area contributed by atoms with E-state index in [-0.39, 0.29) is 23.4 Å². The van der Waals surface area contributed by atoms with Crippen LogP contribution in [0.5, 0.6) is 11.5 Å². The van der Waals surface area contributed by atoms with Gasteiger partial charge in [-0.2, -0.15) is 0 Å². The van der Waals surface area contributed by atoms with E-state index in [0.717, 1.165) is 36.1 Å². The van der Waals surface area contributed by atoms with E-state index in [1.54, 1.807) is 18.3 Å². The number of aromatic nitrogens is 3. The highest BCUT2D eigenvalue weighted by atomic mass is 19.1. The summed E-state index contributed by atoms with van der Waals surface area (Å²) >= 11 is 0. The minimum absolute atomic E-state index is 0.0643. The largest absolute Gasteiger partial charge is 0.457 e. The van der Waals surface area contributed by atoms with E-state index >= 15 is 0 Å². The fourth-order valence-corrected chi connectivity index (χ4v) is 5.07. The summed E-state index contributed by atoms with van der Waals surface area (Å²) in [6, 6.07) is 14.8. The van der Waals surface area contributed by atoms with Gasteiger partial charge < -0.3 is 19.5 Å². The molecule has 7 nitrogen and oxygen atoms in total. The average Bonchev–Trinajstić information content (AvgIpc) is 3.51. The molecule has 0 unspecified atom stereocenters. The van der Waals surface area contributed by atoms with E-state index in [2.05, 4.69) is 47.9 Å². The van der Waals surface area contributed by atoms with Gasteiger partial charge in [0.1, 0.15) is 23.1 Å². The van der Waals surface area contributed by atoms with Crippen molar-refractivity contribution in [2.75, 3.05) is 18.4 Å². The van der Waals surface area contributed by atoms with Gasteiger partial charge >= 0.3 is 0 Å². The number of carbonyl (C=O) groups excluding carboxylic acids is 1. The Labute approximate surface area is 229 Å². The molecule has 1 aliphatic rings. The summed E-state index contributed by atoms with van der Waals surface area (Å²) in [5.41, 5.74) is 3.75. The van der Waals surface area contributed by atoms with E-state index in [4.69, 9.17) is 4.74 Å². The number of fused-ring (bicyclic) bond motifs is 1. The van der Waals surface area contributed by atoms with Crippen LogP contribution in [0.25, 0.3) is 11.0 Å². The highest BCUT2D eigenvalue weighted by Gasteiger charge is 2.29. The number of anilines is 2. The van der Waals surface area contributed by atoms with Crippen molar-refractivity contribution >= 4 is 28.5 Å². The molecular weight excluding hydrogens is 493 g/mol. The van der Waals surface area contributed by atoms with Gasteiger partial charge in [-0.1, -0.05) is 19.9 Å². The van der Waals surface area contributed by atoms with Crippen molar-refractivity contribution in [3.8, 4) is 11.5 Å². The number of Topliss-reactive ketones (excluding diaryl/α,β-unsaturated/α-hetero) is 1. The minimum Gasteiger partial charge on any atom is -0.457 e. The molecule has 0 aliphatic carbocycles. The van der Waals surface area contributed by atoms with E-state index in [1.165, 1.54) is 6.07 Å². The molecule has 1 atom stereocenters. The van der Waals surface area contributed by atoms with Crippen molar-refractivity contribution < 1.29 is 13.9 Å². The number of pyridine rings is 1. The van der Waals surface area contributed by atoms with Crippen LogP contribution in [0.15, 0.2) is 54.7 Å². The predicted molar refractivity (Wildman–Crippen MR) is 152 cm³/mol. The zero-order chi connectivity index (χ0) is 27.7. The predicted octanol–water partition coefficient (Wildman–Crippen LogP) is 6.61. The molecule has 2 aromatic heterocycles. The van der Waals surface area contributed by atoms with Gasteiger partial charge in [0, 0.05) is 50.3 Å². The molecule has 0 amide bonds. The number of halogens is 1. The molecule has 4 aromatic rings. The average molecular weight is 530 g/mol. The van der Waals surface area contributed by atoms with Crippen LogP contribution in [0.1, 0.15) is 51.3 Å². The van der Waals surface area contributed by atoms with Crippen LogP contribution in [0, 0.1) is 11.7 Å². The number of hydrogen-bond donors (Lipinski definition) is 1. The molecule has 2 aromatic carbocycles. The number of ketones is 1. The SMILES string of the molecule is CC(C)c1ccc(F)c(Nc2nc3cc(Oc4ccnc(CC(=O)[C@@H]5CCN(C(C)C)C5)c4)ccc3n2C)c1. The van der Waals surface area contributed by atoms with Gasteiger partial charge in [0.2, 0.25) is 5.95 Å². The van der Waals surface area contributed by atoms with Crippen LogP contribution < -0.4 is 10.1 Å². The Morgan fingerprint density at radius 2 is 1.90 bits per heavy atom. The lowest BCUT2D eigenvalue weighted by Gasteiger charge is -2.19. The van der Waals surface area contributed by atoms with Gasteiger partial charge in [0.15, 0.2) is 0 Å². The van der Waals surface area contributed by atoms with Crippen LogP contribution in [0.2, 0.25) is 0 Å². The molecule has 0 radical (unpaired) electrons. The molecule has 1 fully saturated rings. The fraction of sp³-hybridized carbons (Fsp3) is 0.387. The van der Waals surface area contributed by atoms with Gasteiger partial charge in [-0.05, 0) is 68.6 Å². The number of rotatable bonds is 9. The van der Waals surface area contributed by atoms with E-state index < -0.39 is 0 Å². The van der Waals surface area contributed by atoms with Crippen molar-refractivity contribution in [1.82, 2.24) is 19.4 Å². The van der Waals surface area contributed by atoms with E-state index in [1.807, 2.05) is 41.9 Å². The molecule has 0 spiro atoms. The number of hydrogen-bond acceptors (Lipinski definition) is 6. The van der Waals surface area contributed by atoms with Gasteiger partial charge in [-0.3, -0.25) is 9.78 Å². The first-order chi connectivity index (χ1) is 18.7. The zero-order valence-electron chi connectivity index (χ0n) is 23.2. The third-order valence-corrected chi connectivity index (χ3v) is 7.54. The van der Waals surface area contributed by atoms with Gasteiger partial charge in [0.05, 0.1) is 22.4 Å². The summed E-state index contributed by atoms with van der Waals surface area (Å²) in [7, 11) is 1.89. The van der Waals surface area contributed by atoms with Crippen LogP contribution in [-0.2, 0) is 18.3 Å². The van der Waals surface area contributed by atoms with Crippen LogP contribution in [0.3, 0.4) is 0 Å². The summed E-state index contributed by atoms with van der Waals surface area (Å²) < 4.78 is 22.5. The summed E-state index contributed by atoms with van der Waals surface area (Å²) in [5, 5.41) is 3.14. The molecule has 5 rings (SSSR count). The first-order valence-corrected chi connectivity index (χ1v) is 13.6. The molecule has 204 valence electrons. The lowest BCUT2D eigenvalue weighted by atomic mass is 9.99. The van der Waals surface area contributed by atoms with Gasteiger partial charge in [0.25, 0.3) is 0 Å². The topological polar surface area (TPSA) is 72.3 Å². The molecule has 1 saturated heterocycles. The van der Waals surface area contributed by atoms with Crippen molar-refractivity contribution in [2.24, 2.45) is 13.0 Å². The molecule has 0 bridgehead atoms. The molecule has 3 heterocycles. The Bertz CT molecular complexity index is 1500. The number of carbonyl (C=O) groups is 1. The zero-order valence-corrected chi connectivity index (χ0v) is 23.2. The molecule has 8 heteroatoms. The molecule has 1 aliphatic heterocycles. The third kappa shape index (κ3) is 5.96. The quantitative estimate of drug-likeness (QED) is 0.263. The lowest BCUT2D eigenvalue weighted by Crippen LogP contribution is -2.30. The van der Waals surface area contributed by atoms with Crippen molar-refractivity contribution in [3.63, 3.8) is 0 Å². The smallest absolute Gasteiger partial charge is 0.208 e.